The largest absolute Gasteiger partial charge is 0.494 e. The summed E-state index contributed by atoms with van der Waals surface area (Å²) in [5, 5.41) is 2.40. The number of amides is 1. The average Bonchev–Trinajstić information content (AvgIpc) is 2.76. The van der Waals surface area contributed by atoms with E-state index in [0.29, 0.717) is 18.7 Å². The number of methoxy groups -OCH3 is 1. The Morgan fingerprint density at radius 3 is 2.26 bits per heavy atom. The van der Waals surface area contributed by atoms with Crippen LogP contribution in [0.2, 0.25) is 0 Å². The highest BCUT2D eigenvalue weighted by Crippen LogP contribution is 2.18. The minimum atomic E-state index is -3.62. The van der Waals surface area contributed by atoms with Gasteiger partial charge in [0.15, 0.2) is 11.6 Å². The summed E-state index contributed by atoms with van der Waals surface area (Å²) in [4.78, 5) is 24.1. The van der Waals surface area contributed by atoms with E-state index >= 15 is 0 Å². The van der Waals surface area contributed by atoms with E-state index in [4.69, 9.17) is 9.47 Å². The van der Waals surface area contributed by atoms with Crippen LogP contribution in [0.4, 0.5) is 4.39 Å². The van der Waals surface area contributed by atoms with Crippen LogP contribution in [0.25, 0.3) is 0 Å². The second kappa shape index (κ2) is 10.9. The predicted molar refractivity (Wildman–Crippen MR) is 112 cm³/mol. The summed E-state index contributed by atoms with van der Waals surface area (Å²) in [5.74, 6) is -1.75. The van der Waals surface area contributed by atoms with Gasteiger partial charge in [-0.25, -0.2) is 12.8 Å². The molecule has 0 aliphatic heterocycles. The van der Waals surface area contributed by atoms with Crippen molar-refractivity contribution in [2.75, 3.05) is 26.7 Å². The number of hydrogen-bond acceptors (Lipinski definition) is 6. The van der Waals surface area contributed by atoms with E-state index in [9.17, 15) is 22.4 Å². The molecule has 0 bridgehead atoms. The van der Waals surface area contributed by atoms with Crippen molar-refractivity contribution in [2.24, 2.45) is 0 Å². The summed E-state index contributed by atoms with van der Waals surface area (Å²) in [6.45, 7) is 3.61. The van der Waals surface area contributed by atoms with Crippen molar-refractivity contribution in [3.63, 3.8) is 0 Å². The van der Waals surface area contributed by atoms with E-state index in [2.05, 4.69) is 5.32 Å². The van der Waals surface area contributed by atoms with Gasteiger partial charge in [0.25, 0.3) is 5.91 Å². The maximum Gasteiger partial charge on any atom is 0.325 e. The number of esters is 1. The Bertz CT molecular complexity index is 1020. The molecule has 0 radical (unpaired) electrons. The molecule has 168 valence electrons. The van der Waals surface area contributed by atoms with Crippen molar-refractivity contribution >= 4 is 21.9 Å². The van der Waals surface area contributed by atoms with E-state index in [-0.39, 0.29) is 22.8 Å². The zero-order valence-electron chi connectivity index (χ0n) is 17.6. The van der Waals surface area contributed by atoms with Crippen molar-refractivity contribution < 1.29 is 31.9 Å². The van der Waals surface area contributed by atoms with E-state index in [1.807, 2.05) is 0 Å². The minimum Gasteiger partial charge on any atom is -0.494 e. The van der Waals surface area contributed by atoms with Crippen LogP contribution >= 0.6 is 0 Å². The molecule has 31 heavy (non-hydrogen) atoms. The van der Waals surface area contributed by atoms with Gasteiger partial charge in [0.1, 0.15) is 13.2 Å². The molecule has 10 heteroatoms. The quantitative estimate of drug-likeness (QED) is 0.555. The second-order valence-corrected chi connectivity index (χ2v) is 8.36. The lowest BCUT2D eigenvalue weighted by Gasteiger charge is -2.18. The predicted octanol–water partition coefficient (Wildman–Crippen LogP) is 2.34. The maximum atomic E-state index is 13.6. The lowest BCUT2D eigenvalue weighted by Crippen LogP contribution is -2.31. The number of carbonyl (C=O) groups is 2. The first-order valence-corrected chi connectivity index (χ1v) is 11.0. The number of ether oxygens (including phenoxy) is 2. The summed E-state index contributed by atoms with van der Waals surface area (Å²) in [6, 6.07) is 9.61. The Balaban J connectivity index is 1.89. The Hall–Kier alpha value is -2.98. The first-order chi connectivity index (χ1) is 14.7. The Kier molecular flexibility index (Phi) is 8.52. The number of nitrogens with zero attached hydrogens (tertiary/aromatic N) is 1. The molecular formula is C21H25FN2O6S. The highest BCUT2D eigenvalue weighted by Gasteiger charge is 2.21. The van der Waals surface area contributed by atoms with E-state index in [1.165, 1.54) is 47.8 Å². The second-order valence-electron chi connectivity index (χ2n) is 6.43. The number of sulfonamides is 1. The van der Waals surface area contributed by atoms with Crippen LogP contribution in [-0.2, 0) is 26.2 Å². The molecular weight excluding hydrogens is 427 g/mol. The zero-order valence-corrected chi connectivity index (χ0v) is 18.4. The molecule has 1 N–H and O–H groups in total. The van der Waals surface area contributed by atoms with Crippen molar-refractivity contribution in [2.45, 2.75) is 25.3 Å². The molecule has 0 fully saturated rings. The number of carbonyl (C=O) groups excluding carboxylic acids is 2. The summed E-state index contributed by atoms with van der Waals surface area (Å²) < 4.78 is 49.7. The van der Waals surface area contributed by atoms with E-state index in [1.54, 1.807) is 19.9 Å². The van der Waals surface area contributed by atoms with Crippen molar-refractivity contribution in [1.29, 1.82) is 0 Å². The normalized spacial score (nSPS) is 11.3. The molecule has 0 aromatic heterocycles. The number of rotatable bonds is 10. The molecule has 0 aliphatic rings. The van der Waals surface area contributed by atoms with Gasteiger partial charge in [-0.1, -0.05) is 19.9 Å². The third kappa shape index (κ3) is 6.25. The van der Waals surface area contributed by atoms with Gasteiger partial charge < -0.3 is 14.8 Å². The highest BCUT2D eigenvalue weighted by molar-refractivity contribution is 7.89. The third-order valence-electron chi connectivity index (χ3n) is 4.47. The molecule has 0 unspecified atom stereocenters. The lowest BCUT2D eigenvalue weighted by atomic mass is 10.2. The lowest BCUT2D eigenvalue weighted by molar-refractivity contribution is -0.143. The molecule has 0 saturated heterocycles. The minimum absolute atomic E-state index is 0.0817. The number of halogens is 1. The summed E-state index contributed by atoms with van der Waals surface area (Å²) in [7, 11) is -2.27. The Morgan fingerprint density at radius 2 is 1.71 bits per heavy atom. The number of nitrogens with one attached hydrogen (secondary N) is 1. The molecule has 2 aromatic rings. The fraction of sp³-hybridized carbons (Fsp3) is 0.333. The van der Waals surface area contributed by atoms with Crippen LogP contribution in [0.1, 0.15) is 29.8 Å². The maximum absolute atomic E-state index is 13.6. The zero-order chi connectivity index (χ0) is 23.0. The molecule has 0 aliphatic carbocycles. The average molecular weight is 453 g/mol. The van der Waals surface area contributed by atoms with Crippen molar-refractivity contribution in [3.05, 3.63) is 59.4 Å². The van der Waals surface area contributed by atoms with Gasteiger partial charge in [-0.05, 0) is 42.0 Å². The first kappa shape index (κ1) is 24.3. The van der Waals surface area contributed by atoms with Gasteiger partial charge >= 0.3 is 5.97 Å². The standard InChI is InChI=1S/C21H25FN2O6S/c1-4-24(5-2)31(27,28)17-9-7-16(8-10-17)21(26)23-13-20(25)30-14-15-6-11-19(29-3)18(22)12-15/h6-12H,4-5,13-14H2,1-3H3,(H,23,26). The molecule has 8 nitrogen and oxygen atoms in total. The van der Waals surface area contributed by atoms with Crippen LogP contribution in [-0.4, -0.2) is 51.3 Å². The van der Waals surface area contributed by atoms with Crippen LogP contribution < -0.4 is 10.1 Å². The van der Waals surface area contributed by atoms with Crippen LogP contribution in [0.3, 0.4) is 0 Å². The van der Waals surface area contributed by atoms with E-state index in [0.717, 1.165) is 0 Å². The van der Waals surface area contributed by atoms with Crippen LogP contribution in [0.15, 0.2) is 47.4 Å². The van der Waals surface area contributed by atoms with Crippen LogP contribution in [0.5, 0.6) is 5.75 Å². The van der Waals surface area contributed by atoms with Crippen molar-refractivity contribution in [3.8, 4) is 5.75 Å². The summed E-state index contributed by atoms with van der Waals surface area (Å²) in [6.07, 6.45) is 0. The van der Waals surface area contributed by atoms with E-state index < -0.39 is 34.3 Å². The monoisotopic (exact) mass is 452 g/mol. The molecule has 0 spiro atoms. The Labute approximate surface area is 181 Å². The number of hydrogen-bond donors (Lipinski definition) is 1. The van der Waals surface area contributed by atoms with Gasteiger partial charge in [0.2, 0.25) is 10.0 Å². The third-order valence-corrected chi connectivity index (χ3v) is 6.53. The number of benzene rings is 2. The molecule has 2 rings (SSSR count). The fourth-order valence-electron chi connectivity index (χ4n) is 2.76. The van der Waals surface area contributed by atoms with Gasteiger partial charge in [-0.15, -0.1) is 0 Å². The fourth-order valence-corrected chi connectivity index (χ4v) is 4.22. The van der Waals surface area contributed by atoms with Gasteiger partial charge in [0.05, 0.1) is 12.0 Å². The molecule has 2 aromatic carbocycles. The smallest absolute Gasteiger partial charge is 0.325 e. The summed E-state index contributed by atoms with van der Waals surface area (Å²) in [5.41, 5.74) is 0.631. The highest BCUT2D eigenvalue weighted by atomic mass is 32.2. The Morgan fingerprint density at radius 1 is 1.06 bits per heavy atom. The molecule has 0 atom stereocenters. The van der Waals surface area contributed by atoms with Crippen LogP contribution in [0, 0.1) is 5.82 Å². The van der Waals surface area contributed by atoms with Gasteiger partial charge in [-0.3, -0.25) is 9.59 Å². The summed E-state index contributed by atoms with van der Waals surface area (Å²) >= 11 is 0. The van der Waals surface area contributed by atoms with Gasteiger partial charge in [-0.2, -0.15) is 4.31 Å². The SMILES string of the molecule is CCN(CC)S(=O)(=O)c1ccc(C(=O)NCC(=O)OCc2ccc(OC)c(F)c2)cc1. The van der Waals surface area contributed by atoms with Gasteiger partial charge in [0, 0.05) is 18.7 Å². The molecule has 1 amide bonds. The van der Waals surface area contributed by atoms with Crippen molar-refractivity contribution in [1.82, 2.24) is 9.62 Å². The molecule has 0 heterocycles. The topological polar surface area (TPSA) is 102 Å². The first-order valence-electron chi connectivity index (χ1n) is 9.59. The molecule has 0 saturated carbocycles.